The summed E-state index contributed by atoms with van der Waals surface area (Å²) in [4.78, 5) is 23.7. The van der Waals surface area contributed by atoms with Crippen LogP contribution in [0.5, 0.6) is 0 Å². The highest BCUT2D eigenvalue weighted by Crippen LogP contribution is 1.95. The SMILES string of the molecule is COCCCNC(=S)N1CC(=O)NC(=O)C1. The van der Waals surface area contributed by atoms with Gasteiger partial charge in [-0.2, -0.15) is 0 Å². The molecule has 2 amide bonds. The van der Waals surface area contributed by atoms with E-state index in [4.69, 9.17) is 17.0 Å². The van der Waals surface area contributed by atoms with Crippen LogP contribution in [-0.2, 0) is 14.3 Å². The van der Waals surface area contributed by atoms with Gasteiger partial charge in [-0.1, -0.05) is 0 Å². The van der Waals surface area contributed by atoms with Crippen molar-refractivity contribution in [3.05, 3.63) is 0 Å². The number of amides is 2. The van der Waals surface area contributed by atoms with E-state index in [2.05, 4.69) is 10.6 Å². The molecular weight excluding hydrogens is 230 g/mol. The summed E-state index contributed by atoms with van der Waals surface area (Å²) in [6.07, 6.45) is 0.824. The van der Waals surface area contributed by atoms with E-state index in [0.717, 1.165) is 6.42 Å². The normalized spacial score (nSPS) is 15.9. The number of carbonyl (C=O) groups is 2. The first kappa shape index (κ1) is 12.9. The van der Waals surface area contributed by atoms with Crippen molar-refractivity contribution < 1.29 is 14.3 Å². The lowest BCUT2D eigenvalue weighted by molar-refractivity contribution is -0.134. The standard InChI is InChI=1S/C9H15N3O3S/c1-15-4-2-3-10-9(16)12-5-7(13)11-8(14)6-12/h2-6H2,1H3,(H,10,16)(H,11,13,14). The van der Waals surface area contributed by atoms with Crippen molar-refractivity contribution in [2.24, 2.45) is 0 Å². The summed E-state index contributed by atoms with van der Waals surface area (Å²) < 4.78 is 4.89. The highest BCUT2D eigenvalue weighted by Gasteiger charge is 2.23. The van der Waals surface area contributed by atoms with E-state index in [1.807, 2.05) is 0 Å². The molecule has 0 unspecified atom stereocenters. The van der Waals surface area contributed by atoms with Crippen LogP contribution in [0.25, 0.3) is 0 Å². The summed E-state index contributed by atoms with van der Waals surface area (Å²) in [6, 6.07) is 0. The number of ether oxygens (including phenoxy) is 1. The Kier molecular flexibility index (Phi) is 5.13. The van der Waals surface area contributed by atoms with Crippen molar-refractivity contribution in [2.75, 3.05) is 33.4 Å². The molecule has 0 aliphatic carbocycles. The third-order valence-corrected chi connectivity index (χ3v) is 2.44. The summed E-state index contributed by atoms with van der Waals surface area (Å²) >= 11 is 5.07. The summed E-state index contributed by atoms with van der Waals surface area (Å²) in [6.45, 7) is 1.57. The van der Waals surface area contributed by atoms with E-state index in [1.165, 1.54) is 0 Å². The number of thiocarbonyl (C=S) groups is 1. The first-order valence-electron chi connectivity index (χ1n) is 4.98. The molecule has 0 aromatic heterocycles. The van der Waals surface area contributed by atoms with Crippen molar-refractivity contribution in [2.45, 2.75) is 6.42 Å². The molecule has 0 saturated carbocycles. The van der Waals surface area contributed by atoms with E-state index < -0.39 is 0 Å². The van der Waals surface area contributed by atoms with Gasteiger partial charge in [0, 0.05) is 20.3 Å². The van der Waals surface area contributed by atoms with Gasteiger partial charge in [0.2, 0.25) is 11.8 Å². The second-order valence-corrected chi connectivity index (χ2v) is 3.79. The minimum absolute atomic E-state index is 0.127. The quantitative estimate of drug-likeness (QED) is 0.370. The van der Waals surface area contributed by atoms with Gasteiger partial charge in [0.05, 0.1) is 13.1 Å². The zero-order valence-corrected chi connectivity index (χ0v) is 9.93. The second kappa shape index (κ2) is 6.39. The molecule has 0 radical (unpaired) electrons. The topological polar surface area (TPSA) is 70.7 Å². The number of rotatable bonds is 4. The molecule has 16 heavy (non-hydrogen) atoms. The Morgan fingerprint density at radius 2 is 2.12 bits per heavy atom. The number of carbonyl (C=O) groups excluding carboxylic acids is 2. The van der Waals surface area contributed by atoms with Crippen LogP contribution in [0.1, 0.15) is 6.42 Å². The number of hydrogen-bond acceptors (Lipinski definition) is 4. The number of nitrogens with zero attached hydrogens (tertiary/aromatic N) is 1. The average Bonchev–Trinajstić information content (AvgIpc) is 2.22. The minimum atomic E-state index is -0.322. The lowest BCUT2D eigenvalue weighted by Crippen LogP contribution is -2.55. The van der Waals surface area contributed by atoms with Gasteiger partial charge in [0.1, 0.15) is 0 Å². The minimum Gasteiger partial charge on any atom is -0.385 e. The van der Waals surface area contributed by atoms with Crippen LogP contribution in [0.4, 0.5) is 0 Å². The van der Waals surface area contributed by atoms with E-state index in [0.29, 0.717) is 18.3 Å². The van der Waals surface area contributed by atoms with E-state index >= 15 is 0 Å². The maximum Gasteiger partial charge on any atom is 0.246 e. The van der Waals surface area contributed by atoms with Gasteiger partial charge in [-0.05, 0) is 18.6 Å². The van der Waals surface area contributed by atoms with E-state index in [9.17, 15) is 9.59 Å². The molecule has 90 valence electrons. The van der Waals surface area contributed by atoms with Crippen LogP contribution in [0, 0.1) is 0 Å². The number of methoxy groups -OCH3 is 1. The Labute approximate surface area is 99.3 Å². The van der Waals surface area contributed by atoms with Gasteiger partial charge < -0.3 is 15.0 Å². The van der Waals surface area contributed by atoms with Crippen molar-refractivity contribution in [1.82, 2.24) is 15.5 Å². The fourth-order valence-corrected chi connectivity index (χ4v) is 1.54. The maximum atomic E-state index is 11.1. The largest absolute Gasteiger partial charge is 0.385 e. The molecular formula is C9H15N3O3S. The highest BCUT2D eigenvalue weighted by molar-refractivity contribution is 7.80. The van der Waals surface area contributed by atoms with Crippen molar-refractivity contribution >= 4 is 29.1 Å². The predicted octanol–water partition coefficient (Wildman–Crippen LogP) is -1.14. The first-order chi connectivity index (χ1) is 7.63. The molecule has 6 nitrogen and oxygen atoms in total. The van der Waals surface area contributed by atoms with Crippen LogP contribution in [0.3, 0.4) is 0 Å². The monoisotopic (exact) mass is 245 g/mol. The van der Waals surface area contributed by atoms with Crippen LogP contribution < -0.4 is 10.6 Å². The van der Waals surface area contributed by atoms with Crippen LogP contribution in [0.2, 0.25) is 0 Å². The maximum absolute atomic E-state index is 11.1. The van der Waals surface area contributed by atoms with Crippen molar-refractivity contribution in [1.29, 1.82) is 0 Å². The van der Waals surface area contributed by atoms with E-state index in [1.54, 1.807) is 12.0 Å². The van der Waals surface area contributed by atoms with Crippen molar-refractivity contribution in [3.8, 4) is 0 Å². The molecule has 1 heterocycles. The summed E-state index contributed by atoms with van der Waals surface area (Å²) in [5.41, 5.74) is 0. The van der Waals surface area contributed by atoms with E-state index in [-0.39, 0.29) is 24.9 Å². The molecule has 1 saturated heterocycles. The van der Waals surface area contributed by atoms with Gasteiger partial charge >= 0.3 is 0 Å². The molecule has 1 aliphatic rings. The van der Waals surface area contributed by atoms with Crippen LogP contribution in [-0.4, -0.2) is 55.2 Å². The zero-order valence-electron chi connectivity index (χ0n) is 9.12. The lowest BCUT2D eigenvalue weighted by Gasteiger charge is -2.27. The Balaban J connectivity index is 2.30. The van der Waals surface area contributed by atoms with Gasteiger partial charge in [0.25, 0.3) is 0 Å². The summed E-state index contributed by atoms with van der Waals surface area (Å²) in [7, 11) is 1.63. The molecule has 0 spiro atoms. The lowest BCUT2D eigenvalue weighted by atomic mass is 10.3. The Morgan fingerprint density at radius 3 is 2.69 bits per heavy atom. The smallest absolute Gasteiger partial charge is 0.246 e. The number of hydrogen-bond donors (Lipinski definition) is 2. The first-order valence-corrected chi connectivity index (χ1v) is 5.38. The highest BCUT2D eigenvalue weighted by atomic mass is 32.1. The Hall–Kier alpha value is -1.21. The fraction of sp³-hybridized carbons (Fsp3) is 0.667. The number of piperazine rings is 1. The van der Waals surface area contributed by atoms with Crippen LogP contribution >= 0.6 is 12.2 Å². The van der Waals surface area contributed by atoms with Crippen LogP contribution in [0.15, 0.2) is 0 Å². The number of imide groups is 1. The molecule has 1 fully saturated rings. The third kappa shape index (κ3) is 4.11. The molecule has 1 rings (SSSR count). The Morgan fingerprint density at radius 1 is 1.50 bits per heavy atom. The van der Waals surface area contributed by atoms with Gasteiger partial charge in [-0.25, -0.2) is 0 Å². The molecule has 1 aliphatic heterocycles. The molecule has 0 bridgehead atoms. The van der Waals surface area contributed by atoms with Gasteiger partial charge in [0.15, 0.2) is 5.11 Å². The van der Waals surface area contributed by atoms with Gasteiger partial charge in [-0.3, -0.25) is 14.9 Å². The fourth-order valence-electron chi connectivity index (χ4n) is 1.30. The molecule has 2 N–H and O–H groups in total. The molecule has 0 atom stereocenters. The average molecular weight is 245 g/mol. The second-order valence-electron chi connectivity index (χ2n) is 3.41. The predicted molar refractivity (Wildman–Crippen MR) is 61.8 cm³/mol. The number of nitrogens with one attached hydrogen (secondary N) is 2. The third-order valence-electron chi connectivity index (χ3n) is 2.04. The molecule has 0 aromatic carbocycles. The Bertz CT molecular complexity index is 280. The molecule has 7 heteroatoms. The van der Waals surface area contributed by atoms with Gasteiger partial charge in [-0.15, -0.1) is 0 Å². The zero-order chi connectivity index (χ0) is 12.0. The summed E-state index contributed by atoms with van der Waals surface area (Å²) in [5.74, 6) is -0.644. The summed E-state index contributed by atoms with van der Waals surface area (Å²) in [5, 5.41) is 5.62. The van der Waals surface area contributed by atoms with Crippen molar-refractivity contribution in [3.63, 3.8) is 0 Å². The molecule has 0 aromatic rings.